The molecular formula is C17H18N6O5. The molecular weight excluding hydrogens is 368 g/mol. The van der Waals surface area contributed by atoms with Crippen LogP contribution in [0.3, 0.4) is 0 Å². The van der Waals surface area contributed by atoms with Crippen LogP contribution < -0.4 is 21.5 Å². The topological polar surface area (TPSA) is 131 Å². The second kappa shape index (κ2) is 7.02. The molecule has 146 valence electrons. The molecule has 11 heteroatoms. The van der Waals surface area contributed by atoms with Crippen LogP contribution in [0, 0.1) is 0 Å². The molecule has 0 saturated carbocycles. The Bertz CT molecular complexity index is 1200. The molecule has 0 aliphatic carbocycles. The fourth-order valence-corrected chi connectivity index (χ4v) is 2.77. The van der Waals surface area contributed by atoms with E-state index in [-0.39, 0.29) is 17.7 Å². The Morgan fingerprint density at radius 1 is 1.21 bits per heavy atom. The Balaban J connectivity index is 1.87. The van der Waals surface area contributed by atoms with E-state index in [0.29, 0.717) is 11.4 Å². The number of carbonyl (C=O) groups excluding carboxylic acids is 1. The maximum absolute atomic E-state index is 12.4. The quantitative estimate of drug-likeness (QED) is 0.658. The molecule has 0 bridgehead atoms. The highest BCUT2D eigenvalue weighted by atomic mass is 16.4. The van der Waals surface area contributed by atoms with Crippen molar-refractivity contribution in [3.05, 3.63) is 51.4 Å². The van der Waals surface area contributed by atoms with Crippen LogP contribution in [0.4, 0.5) is 16.2 Å². The first-order valence-corrected chi connectivity index (χ1v) is 8.18. The van der Waals surface area contributed by atoms with E-state index in [2.05, 4.69) is 10.3 Å². The number of hydrogen-bond acceptors (Lipinski definition) is 5. The lowest BCUT2D eigenvalue weighted by Gasteiger charge is -2.14. The number of amides is 2. The van der Waals surface area contributed by atoms with Gasteiger partial charge in [-0.15, -0.1) is 0 Å². The van der Waals surface area contributed by atoms with Crippen LogP contribution in [0.2, 0.25) is 0 Å². The predicted molar refractivity (Wildman–Crippen MR) is 102 cm³/mol. The average Bonchev–Trinajstić information content (AvgIpc) is 3.07. The van der Waals surface area contributed by atoms with E-state index in [4.69, 9.17) is 5.11 Å². The molecule has 0 unspecified atom stereocenters. The molecule has 2 N–H and O–H groups in total. The molecule has 0 aliphatic rings. The first-order valence-electron chi connectivity index (χ1n) is 8.18. The number of rotatable bonds is 4. The number of nitrogens with one attached hydrogen (secondary N) is 1. The number of carbonyl (C=O) groups is 2. The van der Waals surface area contributed by atoms with Crippen molar-refractivity contribution in [3.8, 4) is 0 Å². The SMILES string of the molecule is CN(C(=O)O)c1cccc(NC(=O)Cn2cnc3c2c(=O)n(C)c(=O)n3C)c1. The number of hydrogen-bond donors (Lipinski definition) is 2. The second-order valence-electron chi connectivity index (χ2n) is 6.19. The molecule has 1 aromatic carbocycles. The van der Waals surface area contributed by atoms with Gasteiger partial charge in [-0.1, -0.05) is 6.07 Å². The third-order valence-corrected chi connectivity index (χ3v) is 4.34. The van der Waals surface area contributed by atoms with E-state index in [0.717, 1.165) is 9.47 Å². The molecule has 3 rings (SSSR count). The summed E-state index contributed by atoms with van der Waals surface area (Å²) >= 11 is 0. The number of fused-ring (bicyclic) bond motifs is 1. The minimum Gasteiger partial charge on any atom is -0.465 e. The third kappa shape index (κ3) is 3.24. The molecule has 2 aromatic heterocycles. The van der Waals surface area contributed by atoms with Gasteiger partial charge in [0.15, 0.2) is 11.2 Å². The Kier molecular flexibility index (Phi) is 4.74. The van der Waals surface area contributed by atoms with Crippen LogP contribution in [-0.4, -0.2) is 42.8 Å². The number of imidazole rings is 1. The first kappa shape index (κ1) is 18.9. The summed E-state index contributed by atoms with van der Waals surface area (Å²) in [5.41, 5.74) is 0.0627. The van der Waals surface area contributed by atoms with Crippen molar-refractivity contribution >= 4 is 34.5 Å². The summed E-state index contributed by atoms with van der Waals surface area (Å²) in [4.78, 5) is 52.9. The van der Waals surface area contributed by atoms with Crippen molar-refractivity contribution in [2.24, 2.45) is 14.1 Å². The zero-order chi connectivity index (χ0) is 20.6. The monoisotopic (exact) mass is 386 g/mol. The first-order chi connectivity index (χ1) is 13.2. The summed E-state index contributed by atoms with van der Waals surface area (Å²) in [6.07, 6.45) is 0.189. The fraction of sp³-hybridized carbons (Fsp3) is 0.235. The third-order valence-electron chi connectivity index (χ3n) is 4.34. The zero-order valence-electron chi connectivity index (χ0n) is 15.4. The maximum Gasteiger partial charge on any atom is 0.411 e. The molecule has 11 nitrogen and oxygen atoms in total. The number of benzene rings is 1. The van der Waals surface area contributed by atoms with Gasteiger partial charge in [0.25, 0.3) is 5.56 Å². The fourth-order valence-electron chi connectivity index (χ4n) is 2.77. The van der Waals surface area contributed by atoms with Crippen molar-refractivity contribution in [1.82, 2.24) is 18.7 Å². The van der Waals surface area contributed by atoms with E-state index < -0.39 is 23.2 Å². The molecule has 28 heavy (non-hydrogen) atoms. The standard InChI is InChI=1S/C17H18N6O5/c1-20(17(27)28)11-6-4-5-10(7-11)19-12(24)8-23-9-18-14-13(23)15(25)22(3)16(26)21(14)2/h4-7,9H,8H2,1-3H3,(H,19,24)(H,27,28). The average molecular weight is 386 g/mol. The highest BCUT2D eigenvalue weighted by Gasteiger charge is 2.16. The summed E-state index contributed by atoms with van der Waals surface area (Å²) < 4.78 is 3.54. The van der Waals surface area contributed by atoms with Crippen LogP contribution >= 0.6 is 0 Å². The van der Waals surface area contributed by atoms with E-state index in [1.807, 2.05) is 0 Å². The summed E-state index contributed by atoms with van der Waals surface area (Å²) in [5, 5.41) is 11.7. The van der Waals surface area contributed by atoms with Crippen molar-refractivity contribution in [1.29, 1.82) is 0 Å². The van der Waals surface area contributed by atoms with Gasteiger partial charge < -0.3 is 15.0 Å². The number of nitrogens with zero attached hydrogens (tertiary/aromatic N) is 5. The number of aromatic nitrogens is 4. The largest absolute Gasteiger partial charge is 0.465 e. The van der Waals surface area contributed by atoms with Gasteiger partial charge >= 0.3 is 11.8 Å². The summed E-state index contributed by atoms with van der Waals surface area (Å²) in [7, 11) is 4.23. The van der Waals surface area contributed by atoms with Gasteiger partial charge in [0.05, 0.1) is 6.33 Å². The molecule has 0 atom stereocenters. The van der Waals surface area contributed by atoms with E-state index in [1.54, 1.807) is 18.2 Å². The highest BCUT2D eigenvalue weighted by molar-refractivity contribution is 5.93. The van der Waals surface area contributed by atoms with Crippen molar-refractivity contribution in [2.75, 3.05) is 17.3 Å². The van der Waals surface area contributed by atoms with E-state index in [1.165, 1.54) is 42.7 Å². The lowest BCUT2D eigenvalue weighted by atomic mass is 10.2. The minimum absolute atomic E-state index is 0.138. The molecule has 2 amide bonds. The Hall–Kier alpha value is -3.89. The van der Waals surface area contributed by atoms with Crippen LogP contribution in [0.5, 0.6) is 0 Å². The molecule has 3 aromatic rings. The van der Waals surface area contributed by atoms with E-state index in [9.17, 15) is 19.2 Å². The van der Waals surface area contributed by atoms with Gasteiger partial charge in [-0.25, -0.2) is 14.6 Å². The van der Waals surface area contributed by atoms with Gasteiger partial charge in [-0.2, -0.15) is 0 Å². The highest BCUT2D eigenvalue weighted by Crippen LogP contribution is 2.18. The van der Waals surface area contributed by atoms with Gasteiger partial charge in [0.2, 0.25) is 5.91 Å². The lowest BCUT2D eigenvalue weighted by molar-refractivity contribution is -0.116. The number of anilines is 2. The van der Waals surface area contributed by atoms with Gasteiger partial charge in [-0.3, -0.25) is 23.6 Å². The number of aryl methyl sites for hydroxylation is 1. The summed E-state index contributed by atoms with van der Waals surface area (Å²) in [6, 6.07) is 6.34. The zero-order valence-corrected chi connectivity index (χ0v) is 15.4. The Labute approximate surface area is 158 Å². The van der Waals surface area contributed by atoms with Crippen LogP contribution in [-0.2, 0) is 25.4 Å². The van der Waals surface area contributed by atoms with Crippen molar-refractivity contribution in [3.63, 3.8) is 0 Å². The Morgan fingerprint density at radius 3 is 2.61 bits per heavy atom. The van der Waals surface area contributed by atoms with Gasteiger partial charge in [0.1, 0.15) is 6.54 Å². The molecule has 0 radical (unpaired) electrons. The minimum atomic E-state index is -1.13. The Morgan fingerprint density at radius 2 is 1.93 bits per heavy atom. The van der Waals surface area contributed by atoms with Crippen LogP contribution in [0.1, 0.15) is 0 Å². The van der Waals surface area contributed by atoms with E-state index >= 15 is 0 Å². The summed E-state index contributed by atoms with van der Waals surface area (Å²) in [6.45, 7) is -0.205. The molecule has 2 heterocycles. The van der Waals surface area contributed by atoms with Crippen molar-refractivity contribution < 1.29 is 14.7 Å². The number of carboxylic acid groups (broad SMARTS) is 1. The smallest absolute Gasteiger partial charge is 0.411 e. The van der Waals surface area contributed by atoms with Crippen LogP contribution in [0.15, 0.2) is 40.2 Å². The lowest BCUT2D eigenvalue weighted by Crippen LogP contribution is -2.37. The second-order valence-corrected chi connectivity index (χ2v) is 6.19. The van der Waals surface area contributed by atoms with Crippen LogP contribution in [0.25, 0.3) is 11.2 Å². The molecule has 0 saturated heterocycles. The van der Waals surface area contributed by atoms with Gasteiger partial charge in [0, 0.05) is 32.5 Å². The predicted octanol–water partition coefficient (Wildman–Crippen LogP) is 0.187. The van der Waals surface area contributed by atoms with Crippen molar-refractivity contribution in [2.45, 2.75) is 6.54 Å². The summed E-state index contributed by atoms with van der Waals surface area (Å²) in [5.74, 6) is -0.440. The van der Waals surface area contributed by atoms with Gasteiger partial charge in [-0.05, 0) is 18.2 Å². The molecule has 0 aliphatic heterocycles. The normalized spacial score (nSPS) is 10.8. The maximum atomic E-state index is 12.4. The molecule has 0 fully saturated rings. The molecule has 0 spiro atoms.